The first-order valence-corrected chi connectivity index (χ1v) is 4.06. The van der Waals surface area contributed by atoms with Crippen molar-refractivity contribution in [2.45, 2.75) is 6.42 Å². The Morgan fingerprint density at radius 2 is 2.13 bits per heavy atom. The van der Waals surface area contributed by atoms with Crippen molar-refractivity contribution in [2.75, 3.05) is 7.11 Å². The van der Waals surface area contributed by atoms with E-state index in [2.05, 4.69) is 9.72 Å². The second-order valence-corrected chi connectivity index (χ2v) is 2.82. The highest BCUT2D eigenvalue weighted by molar-refractivity contribution is 5.89. The number of ether oxygens (including phenoxy) is 1. The number of aliphatic carboxylic acids is 1. The first kappa shape index (κ1) is 11.0. The standard InChI is InChI=1S/C9H9NO5/c1-15-9(14)5-2-6(4-8(12)13)10-7(11)3-5/h2-3H,4H2,1H3,(H,10,11)(H,12,13). The largest absolute Gasteiger partial charge is 0.481 e. The molecule has 6 nitrogen and oxygen atoms in total. The van der Waals surface area contributed by atoms with E-state index in [1.54, 1.807) is 0 Å². The zero-order valence-corrected chi connectivity index (χ0v) is 7.94. The second-order valence-electron chi connectivity index (χ2n) is 2.82. The Bertz CT molecular complexity index is 448. The number of H-pyrrole nitrogens is 1. The van der Waals surface area contributed by atoms with E-state index < -0.39 is 17.5 Å². The van der Waals surface area contributed by atoms with Gasteiger partial charge < -0.3 is 14.8 Å². The molecule has 1 aromatic heterocycles. The molecule has 1 rings (SSSR count). The van der Waals surface area contributed by atoms with Crippen molar-refractivity contribution >= 4 is 11.9 Å². The fourth-order valence-electron chi connectivity index (χ4n) is 1.09. The highest BCUT2D eigenvalue weighted by atomic mass is 16.5. The van der Waals surface area contributed by atoms with Crippen LogP contribution >= 0.6 is 0 Å². The highest BCUT2D eigenvalue weighted by Crippen LogP contribution is 2.01. The summed E-state index contributed by atoms with van der Waals surface area (Å²) in [5.74, 6) is -1.76. The lowest BCUT2D eigenvalue weighted by molar-refractivity contribution is -0.136. The lowest BCUT2D eigenvalue weighted by Gasteiger charge is -2.01. The molecule has 2 N–H and O–H groups in total. The molecule has 1 aromatic rings. The predicted octanol–water partition coefficient (Wildman–Crippen LogP) is -0.211. The van der Waals surface area contributed by atoms with Gasteiger partial charge in [0, 0.05) is 11.8 Å². The third-order valence-electron chi connectivity index (χ3n) is 1.66. The molecule has 0 aromatic carbocycles. The average Bonchev–Trinajstić information content (AvgIpc) is 2.14. The Morgan fingerprint density at radius 3 is 2.67 bits per heavy atom. The fraction of sp³-hybridized carbons (Fsp3) is 0.222. The van der Waals surface area contributed by atoms with Crippen LogP contribution in [0.3, 0.4) is 0 Å². The van der Waals surface area contributed by atoms with Gasteiger partial charge >= 0.3 is 11.9 Å². The van der Waals surface area contributed by atoms with Gasteiger partial charge in [0.1, 0.15) is 0 Å². The van der Waals surface area contributed by atoms with Crippen molar-refractivity contribution in [1.82, 2.24) is 4.98 Å². The zero-order valence-electron chi connectivity index (χ0n) is 7.94. The van der Waals surface area contributed by atoms with Gasteiger partial charge in [-0.15, -0.1) is 0 Å². The van der Waals surface area contributed by atoms with E-state index in [0.29, 0.717) is 0 Å². The second kappa shape index (κ2) is 4.41. The van der Waals surface area contributed by atoms with E-state index in [-0.39, 0.29) is 17.7 Å². The van der Waals surface area contributed by atoms with E-state index in [0.717, 1.165) is 6.07 Å². The summed E-state index contributed by atoms with van der Waals surface area (Å²) in [5.41, 5.74) is -0.331. The van der Waals surface area contributed by atoms with E-state index >= 15 is 0 Å². The van der Waals surface area contributed by atoms with Crippen LogP contribution in [0.5, 0.6) is 0 Å². The van der Waals surface area contributed by atoms with Crippen LogP contribution < -0.4 is 5.56 Å². The van der Waals surface area contributed by atoms with Crippen molar-refractivity contribution in [3.63, 3.8) is 0 Å². The Labute approximate surface area is 84.5 Å². The molecule has 0 fully saturated rings. The van der Waals surface area contributed by atoms with Gasteiger partial charge in [-0.3, -0.25) is 9.59 Å². The number of pyridine rings is 1. The first-order valence-electron chi connectivity index (χ1n) is 4.06. The molecule has 0 atom stereocenters. The van der Waals surface area contributed by atoms with Crippen LogP contribution in [-0.2, 0) is 16.0 Å². The number of carboxylic acid groups (broad SMARTS) is 1. The summed E-state index contributed by atoms with van der Waals surface area (Å²) in [5, 5.41) is 8.51. The monoisotopic (exact) mass is 211 g/mol. The lowest BCUT2D eigenvalue weighted by Crippen LogP contribution is -2.15. The number of aromatic amines is 1. The Kier molecular flexibility index (Phi) is 3.22. The Balaban J connectivity index is 3.10. The van der Waals surface area contributed by atoms with E-state index in [1.807, 2.05) is 0 Å². The van der Waals surface area contributed by atoms with Crippen molar-refractivity contribution in [3.05, 3.63) is 33.7 Å². The summed E-state index contributed by atoms with van der Waals surface area (Å²) < 4.78 is 4.41. The van der Waals surface area contributed by atoms with E-state index in [9.17, 15) is 14.4 Å². The number of hydrogen-bond acceptors (Lipinski definition) is 4. The van der Waals surface area contributed by atoms with Crippen LogP contribution in [0.2, 0.25) is 0 Å². The molecule has 0 aliphatic carbocycles. The van der Waals surface area contributed by atoms with Crippen LogP contribution in [0.25, 0.3) is 0 Å². The average molecular weight is 211 g/mol. The molecule has 80 valence electrons. The SMILES string of the molecule is COC(=O)c1cc(CC(=O)O)[nH]c(=O)c1. The maximum absolute atomic E-state index is 11.1. The molecule has 15 heavy (non-hydrogen) atoms. The number of methoxy groups -OCH3 is 1. The Morgan fingerprint density at radius 1 is 1.47 bits per heavy atom. The topological polar surface area (TPSA) is 96.5 Å². The van der Waals surface area contributed by atoms with Crippen LogP contribution in [0, 0.1) is 0 Å². The summed E-state index contributed by atoms with van der Waals surface area (Å²) in [6, 6.07) is 2.33. The van der Waals surface area contributed by atoms with Gasteiger partial charge in [0.15, 0.2) is 0 Å². The Hall–Kier alpha value is -2.11. The molecule has 0 saturated carbocycles. The maximum atomic E-state index is 11.1. The van der Waals surface area contributed by atoms with Gasteiger partial charge in [0.2, 0.25) is 5.56 Å². The summed E-state index contributed by atoms with van der Waals surface area (Å²) in [4.78, 5) is 34.8. The van der Waals surface area contributed by atoms with Crippen LogP contribution in [-0.4, -0.2) is 29.1 Å². The fourth-order valence-corrected chi connectivity index (χ4v) is 1.09. The minimum atomic E-state index is -1.09. The molecule has 0 aliphatic rings. The molecule has 1 heterocycles. The molecule has 6 heteroatoms. The minimum Gasteiger partial charge on any atom is -0.481 e. The first-order chi connectivity index (χ1) is 7.02. The summed E-state index contributed by atoms with van der Waals surface area (Å²) in [7, 11) is 1.18. The van der Waals surface area contributed by atoms with Crippen LogP contribution in [0.1, 0.15) is 16.1 Å². The number of carboxylic acids is 1. The normalized spacial score (nSPS) is 9.67. The molecule has 0 bridgehead atoms. The summed E-state index contributed by atoms with van der Waals surface area (Å²) >= 11 is 0. The number of nitrogens with one attached hydrogen (secondary N) is 1. The molecule has 0 saturated heterocycles. The van der Waals surface area contributed by atoms with Crippen LogP contribution in [0.15, 0.2) is 16.9 Å². The van der Waals surface area contributed by atoms with Crippen molar-refractivity contribution in [3.8, 4) is 0 Å². The van der Waals surface area contributed by atoms with Gasteiger partial charge in [-0.05, 0) is 6.07 Å². The van der Waals surface area contributed by atoms with Gasteiger partial charge in [0.25, 0.3) is 0 Å². The van der Waals surface area contributed by atoms with Crippen molar-refractivity contribution in [1.29, 1.82) is 0 Å². The van der Waals surface area contributed by atoms with Crippen molar-refractivity contribution in [2.24, 2.45) is 0 Å². The van der Waals surface area contributed by atoms with Gasteiger partial charge in [-0.25, -0.2) is 4.79 Å². The number of rotatable bonds is 3. The van der Waals surface area contributed by atoms with Crippen LogP contribution in [0.4, 0.5) is 0 Å². The number of aromatic nitrogens is 1. The molecule has 0 aliphatic heterocycles. The number of esters is 1. The molecular formula is C9H9NO5. The van der Waals surface area contributed by atoms with Gasteiger partial charge in [-0.1, -0.05) is 0 Å². The van der Waals surface area contributed by atoms with E-state index in [1.165, 1.54) is 13.2 Å². The third-order valence-corrected chi connectivity index (χ3v) is 1.66. The molecule has 0 radical (unpaired) electrons. The highest BCUT2D eigenvalue weighted by Gasteiger charge is 2.09. The minimum absolute atomic E-state index is 0.0394. The van der Waals surface area contributed by atoms with Gasteiger partial charge in [-0.2, -0.15) is 0 Å². The molecule has 0 amide bonds. The summed E-state index contributed by atoms with van der Waals surface area (Å²) in [6.45, 7) is 0. The smallest absolute Gasteiger partial charge is 0.338 e. The molecule has 0 spiro atoms. The molecule has 0 unspecified atom stereocenters. The quantitative estimate of drug-likeness (QED) is 0.674. The number of carbonyl (C=O) groups excluding carboxylic acids is 1. The number of carbonyl (C=O) groups is 2. The zero-order chi connectivity index (χ0) is 11.4. The third kappa shape index (κ3) is 2.94. The van der Waals surface area contributed by atoms with E-state index in [4.69, 9.17) is 5.11 Å². The van der Waals surface area contributed by atoms with Gasteiger partial charge in [0.05, 0.1) is 19.1 Å². The predicted molar refractivity (Wildman–Crippen MR) is 49.7 cm³/mol. The molecular weight excluding hydrogens is 202 g/mol. The van der Waals surface area contributed by atoms with Crippen molar-refractivity contribution < 1.29 is 19.4 Å². The number of hydrogen-bond donors (Lipinski definition) is 2. The summed E-state index contributed by atoms with van der Waals surface area (Å²) in [6.07, 6.45) is -0.347. The maximum Gasteiger partial charge on any atom is 0.338 e. The lowest BCUT2D eigenvalue weighted by atomic mass is 10.2.